The Bertz CT molecular complexity index is 632. The van der Waals surface area contributed by atoms with E-state index in [9.17, 15) is 14.5 Å². The van der Waals surface area contributed by atoms with Gasteiger partial charge in [0.15, 0.2) is 0 Å². The Hall–Kier alpha value is -2.63. The summed E-state index contributed by atoms with van der Waals surface area (Å²) < 4.78 is 19.0. The number of hydrogen-bond acceptors (Lipinski definition) is 4. The fraction of sp³-hybridized carbons (Fsp3) is 0.143. The first kappa shape index (κ1) is 13.8. The van der Waals surface area contributed by atoms with E-state index in [1.54, 1.807) is 24.3 Å². The van der Waals surface area contributed by atoms with Crippen LogP contribution in [0.4, 0.5) is 21.5 Å². The van der Waals surface area contributed by atoms with Gasteiger partial charge in [0.1, 0.15) is 11.4 Å². The van der Waals surface area contributed by atoms with Crippen LogP contribution >= 0.6 is 0 Å². The van der Waals surface area contributed by atoms with Crippen molar-refractivity contribution in [1.29, 1.82) is 0 Å². The van der Waals surface area contributed by atoms with Crippen LogP contribution in [0.15, 0.2) is 42.5 Å². The zero-order valence-electron chi connectivity index (χ0n) is 10.8. The molecule has 20 heavy (non-hydrogen) atoms. The van der Waals surface area contributed by atoms with Crippen LogP contribution < -0.4 is 10.1 Å². The molecule has 6 heteroatoms. The van der Waals surface area contributed by atoms with E-state index in [2.05, 4.69) is 5.32 Å². The molecule has 0 bridgehead atoms. The quantitative estimate of drug-likeness (QED) is 0.665. The van der Waals surface area contributed by atoms with Crippen LogP contribution in [0.3, 0.4) is 0 Å². The molecule has 2 aromatic carbocycles. The molecule has 0 spiro atoms. The van der Waals surface area contributed by atoms with Crippen molar-refractivity contribution in [2.75, 3.05) is 11.9 Å². The van der Waals surface area contributed by atoms with E-state index in [-0.39, 0.29) is 5.69 Å². The third kappa shape index (κ3) is 2.85. The predicted octanol–water partition coefficient (Wildman–Crippen LogP) is 3.88. The average Bonchev–Trinajstić information content (AvgIpc) is 2.41. The summed E-state index contributed by atoms with van der Waals surface area (Å²) in [5.41, 5.74) is 0.0454. The van der Waals surface area contributed by atoms with Crippen LogP contribution in [0.1, 0.15) is 6.92 Å². The summed E-state index contributed by atoms with van der Waals surface area (Å²) in [7, 11) is 0. The Kier molecular flexibility index (Phi) is 4.14. The van der Waals surface area contributed by atoms with E-state index in [1.807, 2.05) is 6.92 Å². The molecule has 5 nitrogen and oxygen atoms in total. The normalized spacial score (nSPS) is 10.1. The second-order valence-electron chi connectivity index (χ2n) is 3.95. The highest BCUT2D eigenvalue weighted by molar-refractivity contribution is 5.73. The van der Waals surface area contributed by atoms with Crippen LogP contribution in [0.25, 0.3) is 0 Å². The number of anilines is 2. The molecular weight excluding hydrogens is 263 g/mol. The van der Waals surface area contributed by atoms with E-state index in [0.29, 0.717) is 18.0 Å². The molecule has 0 fully saturated rings. The third-order valence-electron chi connectivity index (χ3n) is 2.63. The molecule has 0 heterocycles. The fourth-order valence-corrected chi connectivity index (χ4v) is 1.80. The van der Waals surface area contributed by atoms with Gasteiger partial charge >= 0.3 is 5.69 Å². The number of hydrogen-bond donors (Lipinski definition) is 1. The summed E-state index contributed by atoms with van der Waals surface area (Å²) in [5, 5.41) is 13.8. The minimum atomic E-state index is -0.881. The number of nitrogens with zero attached hydrogens (tertiary/aromatic N) is 1. The zero-order chi connectivity index (χ0) is 14.5. The molecule has 0 aromatic heterocycles. The summed E-state index contributed by atoms with van der Waals surface area (Å²) >= 11 is 0. The molecule has 2 aromatic rings. The van der Waals surface area contributed by atoms with Crippen LogP contribution in [0, 0.1) is 15.9 Å². The van der Waals surface area contributed by atoms with Crippen molar-refractivity contribution in [2.45, 2.75) is 6.92 Å². The van der Waals surface area contributed by atoms with Crippen LogP contribution in [-0.4, -0.2) is 11.5 Å². The number of nitro benzene ring substituents is 1. The van der Waals surface area contributed by atoms with Gasteiger partial charge in [0.05, 0.1) is 17.2 Å². The van der Waals surface area contributed by atoms with E-state index in [1.165, 1.54) is 12.1 Å². The Labute approximate surface area is 115 Å². The van der Waals surface area contributed by atoms with Gasteiger partial charge in [0.25, 0.3) is 0 Å². The lowest BCUT2D eigenvalue weighted by Crippen LogP contribution is -2.01. The Morgan fingerprint density at radius 2 is 1.90 bits per heavy atom. The van der Waals surface area contributed by atoms with E-state index < -0.39 is 16.4 Å². The van der Waals surface area contributed by atoms with E-state index in [0.717, 1.165) is 6.07 Å². The predicted molar refractivity (Wildman–Crippen MR) is 73.9 cm³/mol. The first-order chi connectivity index (χ1) is 9.63. The molecule has 0 aliphatic rings. The molecule has 0 aliphatic heterocycles. The maximum absolute atomic E-state index is 13.5. The van der Waals surface area contributed by atoms with Gasteiger partial charge in [0, 0.05) is 0 Å². The highest BCUT2D eigenvalue weighted by atomic mass is 19.1. The average molecular weight is 276 g/mol. The lowest BCUT2D eigenvalue weighted by atomic mass is 10.2. The topological polar surface area (TPSA) is 64.4 Å². The number of nitro groups is 1. The molecule has 0 radical (unpaired) electrons. The van der Waals surface area contributed by atoms with Crippen molar-refractivity contribution < 1.29 is 14.1 Å². The van der Waals surface area contributed by atoms with Gasteiger partial charge in [-0.3, -0.25) is 10.1 Å². The molecule has 0 amide bonds. The second kappa shape index (κ2) is 6.01. The number of rotatable bonds is 5. The summed E-state index contributed by atoms with van der Waals surface area (Å²) in [6.45, 7) is 2.30. The fourth-order valence-electron chi connectivity index (χ4n) is 1.80. The van der Waals surface area contributed by atoms with Crippen LogP contribution in [0.5, 0.6) is 5.75 Å². The summed E-state index contributed by atoms with van der Waals surface area (Å²) in [6.07, 6.45) is 0. The largest absolute Gasteiger partial charge is 0.492 e. The minimum Gasteiger partial charge on any atom is -0.492 e. The molecule has 0 saturated carbocycles. The number of para-hydroxylation sites is 3. The number of ether oxygens (including phenoxy) is 1. The maximum Gasteiger partial charge on any atom is 0.327 e. The molecule has 0 unspecified atom stereocenters. The van der Waals surface area contributed by atoms with Gasteiger partial charge in [-0.15, -0.1) is 0 Å². The second-order valence-corrected chi connectivity index (χ2v) is 3.95. The monoisotopic (exact) mass is 276 g/mol. The number of benzene rings is 2. The van der Waals surface area contributed by atoms with Gasteiger partial charge in [-0.05, 0) is 31.2 Å². The van der Waals surface area contributed by atoms with Gasteiger partial charge in [-0.2, -0.15) is 4.39 Å². The summed E-state index contributed by atoms with van der Waals surface area (Å²) in [4.78, 5) is 10.2. The van der Waals surface area contributed by atoms with Crippen molar-refractivity contribution in [1.82, 2.24) is 0 Å². The Balaban J connectivity index is 2.40. The highest BCUT2D eigenvalue weighted by Gasteiger charge is 2.20. The molecular formula is C14H13FN2O3. The lowest BCUT2D eigenvalue weighted by Gasteiger charge is -2.12. The molecule has 0 saturated heterocycles. The molecule has 0 atom stereocenters. The minimum absolute atomic E-state index is 0.0853. The van der Waals surface area contributed by atoms with Gasteiger partial charge in [-0.25, -0.2) is 0 Å². The van der Waals surface area contributed by atoms with Crippen molar-refractivity contribution in [3.63, 3.8) is 0 Å². The molecule has 1 N–H and O–H groups in total. The third-order valence-corrected chi connectivity index (χ3v) is 2.63. The first-order valence-electron chi connectivity index (χ1n) is 6.05. The van der Waals surface area contributed by atoms with E-state index in [4.69, 9.17) is 4.74 Å². The number of halogens is 1. The van der Waals surface area contributed by atoms with Gasteiger partial charge < -0.3 is 10.1 Å². The standard InChI is InChI=1S/C14H13FN2O3/c1-2-20-13-9-4-3-7-11(13)16-12-8-5-6-10(15)14(12)17(18)19/h3-9,16H,2H2,1H3. The summed E-state index contributed by atoms with van der Waals surface area (Å²) in [5.74, 6) is -0.331. The Morgan fingerprint density at radius 1 is 1.20 bits per heavy atom. The van der Waals surface area contributed by atoms with Crippen molar-refractivity contribution in [2.24, 2.45) is 0 Å². The zero-order valence-corrected chi connectivity index (χ0v) is 10.8. The molecule has 2 rings (SSSR count). The highest BCUT2D eigenvalue weighted by Crippen LogP contribution is 2.33. The van der Waals surface area contributed by atoms with Crippen LogP contribution in [-0.2, 0) is 0 Å². The number of nitrogens with one attached hydrogen (secondary N) is 1. The van der Waals surface area contributed by atoms with Crippen molar-refractivity contribution in [3.05, 3.63) is 58.4 Å². The smallest absolute Gasteiger partial charge is 0.327 e. The van der Waals surface area contributed by atoms with Crippen LogP contribution in [0.2, 0.25) is 0 Å². The Morgan fingerprint density at radius 3 is 2.60 bits per heavy atom. The maximum atomic E-state index is 13.5. The van der Waals surface area contributed by atoms with Crippen molar-refractivity contribution >= 4 is 17.1 Å². The van der Waals surface area contributed by atoms with Gasteiger partial charge in [0.2, 0.25) is 5.82 Å². The molecule has 0 aliphatic carbocycles. The SMILES string of the molecule is CCOc1ccccc1Nc1cccc(F)c1[N+](=O)[O-]. The first-order valence-corrected chi connectivity index (χ1v) is 6.05. The lowest BCUT2D eigenvalue weighted by molar-refractivity contribution is -0.386. The molecule has 104 valence electrons. The van der Waals surface area contributed by atoms with E-state index >= 15 is 0 Å². The van der Waals surface area contributed by atoms with Crippen molar-refractivity contribution in [3.8, 4) is 5.75 Å². The van der Waals surface area contributed by atoms with Gasteiger partial charge in [-0.1, -0.05) is 18.2 Å². The summed E-state index contributed by atoms with van der Waals surface area (Å²) in [6, 6.07) is 10.9.